The van der Waals surface area contributed by atoms with E-state index in [0.29, 0.717) is 0 Å². The van der Waals surface area contributed by atoms with Crippen LogP contribution in [-0.2, 0) is 11.0 Å². The Morgan fingerprint density at radius 2 is 2.00 bits per heavy atom. The Morgan fingerprint density at radius 1 is 1.19 bits per heavy atom. The van der Waals surface area contributed by atoms with E-state index in [2.05, 4.69) is 22.1 Å². The largest absolute Gasteiger partial charge is 0.416 e. The number of thioether (sulfide) groups is 1. The van der Waals surface area contributed by atoms with Gasteiger partial charge in [0.05, 0.1) is 28.1 Å². The summed E-state index contributed by atoms with van der Waals surface area (Å²) in [7, 11) is 0. The predicted octanol–water partition coefficient (Wildman–Crippen LogP) is 4.58. The molecular formula is C19H13F3N2OS2. The van der Waals surface area contributed by atoms with Gasteiger partial charge >= 0.3 is 6.18 Å². The molecule has 27 heavy (non-hydrogen) atoms. The van der Waals surface area contributed by atoms with Crippen LogP contribution in [-0.4, -0.2) is 23.2 Å². The number of aromatic nitrogens is 1. The Bertz CT molecular complexity index is 986. The monoisotopic (exact) mass is 406 g/mol. The number of benzene rings is 2. The van der Waals surface area contributed by atoms with Gasteiger partial charge in [-0.1, -0.05) is 41.8 Å². The molecular weight excluding hydrogens is 393 g/mol. The Morgan fingerprint density at radius 3 is 2.78 bits per heavy atom. The zero-order chi connectivity index (χ0) is 19.3. The van der Waals surface area contributed by atoms with Crippen molar-refractivity contribution in [2.75, 3.05) is 12.3 Å². The number of thiazole rings is 1. The number of hydrogen-bond donors (Lipinski definition) is 1. The van der Waals surface area contributed by atoms with Gasteiger partial charge in [0, 0.05) is 5.56 Å². The van der Waals surface area contributed by atoms with Crippen molar-refractivity contribution in [1.29, 1.82) is 0 Å². The van der Waals surface area contributed by atoms with Gasteiger partial charge in [0.1, 0.15) is 0 Å². The minimum Gasteiger partial charge on any atom is -0.344 e. The number of carbonyl (C=O) groups excluding carboxylic acids is 1. The van der Waals surface area contributed by atoms with Crippen molar-refractivity contribution in [1.82, 2.24) is 10.3 Å². The third-order valence-corrected chi connectivity index (χ3v) is 5.58. The summed E-state index contributed by atoms with van der Waals surface area (Å²) in [5.41, 5.74) is 0.408. The number of nitrogens with zero attached hydrogens (tertiary/aromatic N) is 1. The highest BCUT2D eigenvalue weighted by atomic mass is 32.2. The van der Waals surface area contributed by atoms with Crippen LogP contribution in [0.4, 0.5) is 13.2 Å². The summed E-state index contributed by atoms with van der Waals surface area (Å²) in [5.74, 6) is 5.27. The SMILES string of the molecule is O=C(CSc1nc2ccccc2s1)NCC#Cc1cccc(C(F)(F)F)c1. The van der Waals surface area contributed by atoms with Crippen LogP contribution >= 0.6 is 23.1 Å². The van der Waals surface area contributed by atoms with Gasteiger partial charge in [0.2, 0.25) is 5.91 Å². The maximum Gasteiger partial charge on any atom is 0.416 e. The van der Waals surface area contributed by atoms with E-state index in [1.165, 1.54) is 35.2 Å². The molecule has 3 rings (SSSR count). The molecule has 0 aliphatic rings. The molecule has 2 aromatic carbocycles. The molecule has 0 unspecified atom stereocenters. The molecule has 0 bridgehead atoms. The molecule has 1 amide bonds. The molecule has 0 saturated heterocycles. The molecule has 8 heteroatoms. The Kier molecular flexibility index (Phi) is 6.04. The third-order valence-electron chi connectivity index (χ3n) is 3.40. The van der Waals surface area contributed by atoms with Crippen LogP contribution in [0.25, 0.3) is 10.2 Å². The Labute approximate surface area is 162 Å². The van der Waals surface area contributed by atoms with E-state index < -0.39 is 11.7 Å². The summed E-state index contributed by atoms with van der Waals surface area (Å²) in [6, 6.07) is 12.5. The lowest BCUT2D eigenvalue weighted by Gasteiger charge is -2.05. The molecule has 1 aromatic heterocycles. The number of para-hydroxylation sites is 1. The first-order valence-corrected chi connectivity index (χ1v) is 9.63. The number of rotatable bonds is 4. The Hall–Kier alpha value is -2.50. The normalized spacial score (nSPS) is 11.1. The number of hydrogen-bond acceptors (Lipinski definition) is 4. The fourth-order valence-corrected chi connectivity index (χ4v) is 4.05. The van der Waals surface area contributed by atoms with Crippen molar-refractivity contribution in [3.63, 3.8) is 0 Å². The number of fused-ring (bicyclic) bond motifs is 1. The lowest BCUT2D eigenvalue weighted by molar-refractivity contribution is -0.137. The van der Waals surface area contributed by atoms with Gasteiger partial charge in [0.25, 0.3) is 0 Å². The van der Waals surface area contributed by atoms with E-state index in [1.54, 1.807) is 0 Å². The molecule has 1 N–H and O–H groups in total. The van der Waals surface area contributed by atoms with Gasteiger partial charge in [0.15, 0.2) is 4.34 Å². The highest BCUT2D eigenvalue weighted by molar-refractivity contribution is 8.01. The molecule has 138 valence electrons. The lowest BCUT2D eigenvalue weighted by Crippen LogP contribution is -2.25. The van der Waals surface area contributed by atoms with Crippen LogP contribution in [0.1, 0.15) is 11.1 Å². The average Bonchev–Trinajstić information content (AvgIpc) is 3.06. The number of amides is 1. The fourth-order valence-electron chi connectivity index (χ4n) is 2.15. The van der Waals surface area contributed by atoms with Gasteiger partial charge in [-0.15, -0.1) is 11.3 Å². The molecule has 0 saturated carbocycles. The van der Waals surface area contributed by atoms with E-state index in [1.807, 2.05) is 24.3 Å². The topological polar surface area (TPSA) is 42.0 Å². The van der Waals surface area contributed by atoms with E-state index in [9.17, 15) is 18.0 Å². The summed E-state index contributed by atoms with van der Waals surface area (Å²) in [6.45, 7) is 0.0650. The molecule has 3 aromatic rings. The van der Waals surface area contributed by atoms with Crippen LogP contribution < -0.4 is 5.32 Å². The first kappa shape index (κ1) is 19.3. The Balaban J connectivity index is 1.48. The standard InChI is InChI=1S/C19H13F3N2OS2/c20-19(21,22)14-7-3-5-13(11-14)6-4-10-23-17(25)12-26-18-24-15-8-1-2-9-16(15)27-18/h1-3,5,7-9,11H,10,12H2,(H,23,25). The second-order valence-corrected chi connectivity index (χ2v) is 7.65. The van der Waals surface area contributed by atoms with Crippen molar-refractivity contribution < 1.29 is 18.0 Å². The third kappa shape index (κ3) is 5.49. The quantitative estimate of drug-likeness (QED) is 0.510. The minimum absolute atomic E-state index is 0.0650. The van der Waals surface area contributed by atoms with E-state index >= 15 is 0 Å². The van der Waals surface area contributed by atoms with Crippen LogP contribution in [0.15, 0.2) is 52.9 Å². The van der Waals surface area contributed by atoms with Crippen molar-refractivity contribution in [2.24, 2.45) is 0 Å². The summed E-state index contributed by atoms with van der Waals surface area (Å²) in [6.07, 6.45) is -4.40. The first-order valence-electron chi connectivity index (χ1n) is 7.83. The smallest absolute Gasteiger partial charge is 0.344 e. The fraction of sp³-hybridized carbons (Fsp3) is 0.158. The summed E-state index contributed by atoms with van der Waals surface area (Å²) >= 11 is 2.86. The number of carbonyl (C=O) groups is 1. The van der Waals surface area contributed by atoms with Crippen molar-refractivity contribution in [3.05, 3.63) is 59.7 Å². The van der Waals surface area contributed by atoms with Gasteiger partial charge in [-0.2, -0.15) is 13.2 Å². The zero-order valence-electron chi connectivity index (χ0n) is 13.8. The number of alkyl halides is 3. The molecule has 0 aliphatic carbocycles. The van der Waals surface area contributed by atoms with Gasteiger partial charge in [-0.25, -0.2) is 4.98 Å². The maximum absolute atomic E-state index is 12.6. The molecule has 0 aliphatic heterocycles. The molecule has 0 atom stereocenters. The first-order chi connectivity index (χ1) is 12.9. The molecule has 0 radical (unpaired) electrons. The molecule has 0 spiro atoms. The van der Waals surface area contributed by atoms with Crippen LogP contribution in [0, 0.1) is 11.8 Å². The van der Waals surface area contributed by atoms with Gasteiger partial charge in [-0.05, 0) is 30.3 Å². The van der Waals surface area contributed by atoms with Crippen molar-refractivity contribution in [2.45, 2.75) is 10.5 Å². The summed E-state index contributed by atoms with van der Waals surface area (Å²) < 4.78 is 39.8. The minimum atomic E-state index is -4.40. The zero-order valence-corrected chi connectivity index (χ0v) is 15.5. The number of halogens is 3. The second-order valence-electron chi connectivity index (χ2n) is 5.39. The van der Waals surface area contributed by atoms with Gasteiger partial charge in [-0.3, -0.25) is 4.79 Å². The van der Waals surface area contributed by atoms with E-state index in [4.69, 9.17) is 0 Å². The highest BCUT2D eigenvalue weighted by Gasteiger charge is 2.30. The summed E-state index contributed by atoms with van der Waals surface area (Å²) in [4.78, 5) is 16.3. The molecule has 1 heterocycles. The van der Waals surface area contributed by atoms with Crippen LogP contribution in [0.3, 0.4) is 0 Å². The predicted molar refractivity (Wildman–Crippen MR) is 102 cm³/mol. The van der Waals surface area contributed by atoms with E-state index in [0.717, 1.165) is 26.7 Å². The molecule has 0 fully saturated rings. The highest BCUT2D eigenvalue weighted by Crippen LogP contribution is 2.30. The maximum atomic E-state index is 12.6. The van der Waals surface area contributed by atoms with Gasteiger partial charge < -0.3 is 5.32 Å². The van der Waals surface area contributed by atoms with Crippen LogP contribution in [0.5, 0.6) is 0 Å². The average molecular weight is 406 g/mol. The number of nitrogens with one attached hydrogen (secondary N) is 1. The summed E-state index contributed by atoms with van der Waals surface area (Å²) in [5, 5.41) is 2.62. The second kappa shape index (κ2) is 8.46. The lowest BCUT2D eigenvalue weighted by atomic mass is 10.1. The van der Waals surface area contributed by atoms with E-state index in [-0.39, 0.29) is 23.8 Å². The van der Waals surface area contributed by atoms with Crippen molar-refractivity contribution in [3.8, 4) is 11.8 Å². The van der Waals surface area contributed by atoms with Crippen molar-refractivity contribution >= 4 is 39.2 Å². The molecule has 3 nitrogen and oxygen atoms in total. The van der Waals surface area contributed by atoms with Crippen LogP contribution in [0.2, 0.25) is 0 Å².